The molecule has 0 bridgehead atoms. The Morgan fingerprint density at radius 3 is 2.28 bits per heavy atom. The first-order valence-electron chi connectivity index (χ1n) is 10.1. The van der Waals surface area contributed by atoms with Crippen LogP contribution in [0, 0.1) is 5.41 Å². The van der Waals surface area contributed by atoms with E-state index in [0.717, 1.165) is 11.1 Å². The van der Waals surface area contributed by atoms with E-state index in [1.165, 1.54) is 12.7 Å². The Kier molecular flexibility index (Phi) is 6.70. The van der Waals surface area contributed by atoms with Gasteiger partial charge < -0.3 is 14.5 Å². The third kappa shape index (κ3) is 4.85. The first kappa shape index (κ1) is 21.1. The van der Waals surface area contributed by atoms with Crippen LogP contribution >= 0.6 is 0 Å². The van der Waals surface area contributed by atoms with E-state index in [1.807, 2.05) is 37.2 Å². The maximum atomic E-state index is 13.2. The Hall–Kier alpha value is -2.66. The van der Waals surface area contributed by atoms with Gasteiger partial charge in [0.15, 0.2) is 0 Å². The summed E-state index contributed by atoms with van der Waals surface area (Å²) < 4.78 is 4.98. The van der Waals surface area contributed by atoms with Crippen molar-refractivity contribution in [1.82, 2.24) is 9.80 Å². The van der Waals surface area contributed by atoms with Crippen LogP contribution in [-0.4, -0.2) is 62.5 Å². The van der Waals surface area contributed by atoms with Gasteiger partial charge in [0, 0.05) is 34.3 Å². The third-order valence-corrected chi connectivity index (χ3v) is 5.78. The van der Waals surface area contributed by atoms with Crippen LogP contribution in [0.4, 0.5) is 0 Å². The number of rotatable bonds is 6. The summed E-state index contributed by atoms with van der Waals surface area (Å²) >= 11 is 0. The molecule has 0 atom stereocenters. The van der Waals surface area contributed by atoms with Gasteiger partial charge in [0.05, 0.1) is 5.41 Å². The summed E-state index contributed by atoms with van der Waals surface area (Å²) in [5.74, 6) is 0.130. The standard InChI is InChI=1S/C24H30N2O3/c1-25(2)23(28)24(12-14-26(15-13-24)22(27)18-29-3)17-19-8-7-11-21(16-19)20-9-5-4-6-10-20/h4-11,16H,12-15,17-18H2,1-3H3. The average Bonchev–Trinajstić information content (AvgIpc) is 2.74. The monoisotopic (exact) mass is 394 g/mol. The number of ether oxygens (including phenoxy) is 1. The van der Waals surface area contributed by atoms with Crippen LogP contribution in [0.3, 0.4) is 0 Å². The minimum Gasteiger partial charge on any atom is -0.375 e. The molecule has 154 valence electrons. The second kappa shape index (κ2) is 9.23. The first-order valence-corrected chi connectivity index (χ1v) is 10.1. The molecule has 1 fully saturated rings. The molecule has 5 heteroatoms. The molecule has 3 rings (SSSR count). The van der Waals surface area contributed by atoms with Gasteiger partial charge in [0.2, 0.25) is 11.8 Å². The molecular formula is C24H30N2O3. The highest BCUT2D eigenvalue weighted by atomic mass is 16.5. The van der Waals surface area contributed by atoms with Crippen LogP contribution in [0.2, 0.25) is 0 Å². The number of benzene rings is 2. The highest BCUT2D eigenvalue weighted by molar-refractivity contribution is 5.84. The van der Waals surface area contributed by atoms with Crippen LogP contribution in [0.15, 0.2) is 54.6 Å². The summed E-state index contributed by atoms with van der Waals surface area (Å²) in [6.45, 7) is 1.26. The highest BCUT2D eigenvalue weighted by Crippen LogP contribution is 2.37. The van der Waals surface area contributed by atoms with Gasteiger partial charge in [-0.3, -0.25) is 9.59 Å². The number of carbonyl (C=O) groups is 2. The van der Waals surface area contributed by atoms with Crippen LogP contribution in [0.1, 0.15) is 18.4 Å². The Morgan fingerprint density at radius 1 is 1.00 bits per heavy atom. The van der Waals surface area contributed by atoms with Crippen molar-refractivity contribution in [3.63, 3.8) is 0 Å². The SMILES string of the molecule is COCC(=O)N1CCC(Cc2cccc(-c3ccccc3)c2)(C(=O)N(C)C)CC1. The van der Waals surface area contributed by atoms with E-state index < -0.39 is 5.41 Å². The van der Waals surface area contributed by atoms with Crippen molar-refractivity contribution in [1.29, 1.82) is 0 Å². The van der Waals surface area contributed by atoms with E-state index in [0.29, 0.717) is 32.4 Å². The van der Waals surface area contributed by atoms with E-state index in [2.05, 4.69) is 36.4 Å². The molecular weight excluding hydrogens is 364 g/mol. The summed E-state index contributed by atoms with van der Waals surface area (Å²) in [4.78, 5) is 28.9. The Morgan fingerprint density at radius 2 is 1.66 bits per heavy atom. The van der Waals surface area contributed by atoms with Crippen LogP contribution < -0.4 is 0 Å². The lowest BCUT2D eigenvalue weighted by molar-refractivity contribution is -0.147. The maximum Gasteiger partial charge on any atom is 0.248 e. The number of nitrogens with zero attached hydrogens (tertiary/aromatic N) is 2. The molecule has 0 aliphatic carbocycles. The largest absolute Gasteiger partial charge is 0.375 e. The predicted molar refractivity (Wildman–Crippen MR) is 114 cm³/mol. The van der Waals surface area contributed by atoms with Crippen molar-refractivity contribution in [2.75, 3.05) is 40.9 Å². The predicted octanol–water partition coefficient (Wildman–Crippen LogP) is 3.24. The van der Waals surface area contributed by atoms with Crippen molar-refractivity contribution in [3.8, 4) is 11.1 Å². The summed E-state index contributed by atoms with van der Waals surface area (Å²) in [6, 6.07) is 18.7. The molecule has 5 nitrogen and oxygen atoms in total. The van der Waals surface area contributed by atoms with Crippen LogP contribution in [0.5, 0.6) is 0 Å². The molecule has 0 spiro atoms. The lowest BCUT2D eigenvalue weighted by Gasteiger charge is -2.42. The fraction of sp³-hybridized carbons (Fsp3) is 0.417. The van der Waals surface area contributed by atoms with E-state index in [9.17, 15) is 9.59 Å². The topological polar surface area (TPSA) is 49.9 Å². The molecule has 0 unspecified atom stereocenters. The smallest absolute Gasteiger partial charge is 0.248 e. The van der Waals surface area contributed by atoms with E-state index in [-0.39, 0.29) is 18.4 Å². The van der Waals surface area contributed by atoms with Crippen LogP contribution in [-0.2, 0) is 20.7 Å². The van der Waals surface area contributed by atoms with Gasteiger partial charge in [-0.2, -0.15) is 0 Å². The number of hydrogen-bond donors (Lipinski definition) is 0. The zero-order valence-electron chi connectivity index (χ0n) is 17.6. The number of piperidine rings is 1. The van der Waals surface area contributed by atoms with Crippen molar-refractivity contribution >= 4 is 11.8 Å². The molecule has 0 N–H and O–H groups in total. The quantitative estimate of drug-likeness (QED) is 0.756. The second-order valence-electron chi connectivity index (χ2n) is 8.04. The minimum absolute atomic E-state index is 0.00974. The number of likely N-dealkylation sites (tertiary alicyclic amines) is 1. The van der Waals surface area contributed by atoms with Gasteiger partial charge in [0.25, 0.3) is 0 Å². The average molecular weight is 395 g/mol. The molecule has 2 aromatic rings. The number of methoxy groups -OCH3 is 1. The highest BCUT2D eigenvalue weighted by Gasteiger charge is 2.43. The Balaban J connectivity index is 1.83. The van der Waals surface area contributed by atoms with Crippen molar-refractivity contribution in [2.24, 2.45) is 5.41 Å². The van der Waals surface area contributed by atoms with E-state index in [4.69, 9.17) is 4.74 Å². The molecule has 2 aromatic carbocycles. The van der Waals surface area contributed by atoms with Crippen LogP contribution in [0.25, 0.3) is 11.1 Å². The molecule has 2 amide bonds. The van der Waals surface area contributed by atoms with Gasteiger partial charge in [-0.15, -0.1) is 0 Å². The zero-order chi connectivity index (χ0) is 20.9. The second-order valence-corrected chi connectivity index (χ2v) is 8.04. The molecule has 1 aliphatic rings. The van der Waals surface area contributed by atoms with Crippen molar-refractivity contribution < 1.29 is 14.3 Å². The number of amides is 2. The van der Waals surface area contributed by atoms with Crippen molar-refractivity contribution in [3.05, 3.63) is 60.2 Å². The van der Waals surface area contributed by atoms with Gasteiger partial charge in [0.1, 0.15) is 6.61 Å². The van der Waals surface area contributed by atoms with Crippen molar-refractivity contribution in [2.45, 2.75) is 19.3 Å². The third-order valence-electron chi connectivity index (χ3n) is 5.78. The van der Waals surface area contributed by atoms with E-state index >= 15 is 0 Å². The summed E-state index contributed by atoms with van der Waals surface area (Å²) in [6.07, 6.45) is 2.00. The molecule has 1 heterocycles. The molecule has 0 saturated carbocycles. The molecule has 1 aliphatic heterocycles. The first-order chi connectivity index (χ1) is 13.9. The number of hydrogen-bond acceptors (Lipinski definition) is 3. The molecule has 0 aromatic heterocycles. The zero-order valence-corrected chi connectivity index (χ0v) is 17.6. The fourth-order valence-electron chi connectivity index (χ4n) is 4.22. The lowest BCUT2D eigenvalue weighted by atomic mass is 9.72. The molecule has 29 heavy (non-hydrogen) atoms. The van der Waals surface area contributed by atoms with E-state index in [1.54, 1.807) is 4.90 Å². The van der Waals surface area contributed by atoms with Gasteiger partial charge in [-0.25, -0.2) is 0 Å². The minimum atomic E-state index is -0.483. The van der Waals surface area contributed by atoms with Gasteiger partial charge >= 0.3 is 0 Å². The lowest BCUT2D eigenvalue weighted by Crippen LogP contribution is -2.51. The summed E-state index contributed by atoms with van der Waals surface area (Å²) in [7, 11) is 5.15. The number of carbonyl (C=O) groups excluding carboxylic acids is 2. The maximum absolute atomic E-state index is 13.2. The molecule has 0 radical (unpaired) electrons. The van der Waals surface area contributed by atoms with Gasteiger partial charge in [-0.1, -0.05) is 54.6 Å². The summed E-state index contributed by atoms with van der Waals surface area (Å²) in [5.41, 5.74) is 2.99. The molecule has 1 saturated heterocycles. The Bertz CT molecular complexity index is 840. The Labute approximate surface area is 173 Å². The summed E-state index contributed by atoms with van der Waals surface area (Å²) in [5, 5.41) is 0. The fourth-order valence-corrected chi connectivity index (χ4v) is 4.22. The normalized spacial score (nSPS) is 15.8. The van der Waals surface area contributed by atoms with Gasteiger partial charge in [-0.05, 0) is 36.0 Å².